The third-order valence-corrected chi connectivity index (χ3v) is 6.27. The number of phenolic OH excluding ortho intramolecular Hbond substituents is 1. The van der Waals surface area contributed by atoms with Gasteiger partial charge in [0.1, 0.15) is 17.4 Å². The molecule has 2 fully saturated rings. The molecule has 172 valence electrons. The second kappa shape index (κ2) is 9.42. The van der Waals surface area contributed by atoms with Gasteiger partial charge in [0, 0.05) is 30.7 Å². The molecule has 2 bridgehead atoms. The van der Waals surface area contributed by atoms with E-state index in [4.69, 9.17) is 5.73 Å². The number of halogens is 2. The van der Waals surface area contributed by atoms with Crippen molar-refractivity contribution in [2.24, 2.45) is 10.7 Å². The first-order valence-electron chi connectivity index (χ1n) is 11.1. The number of phenols is 1. The molecule has 6 nitrogen and oxygen atoms in total. The molecule has 4 rings (SSSR count). The first kappa shape index (κ1) is 22.5. The van der Waals surface area contributed by atoms with E-state index in [1.54, 1.807) is 12.1 Å². The summed E-state index contributed by atoms with van der Waals surface area (Å²) in [7, 11) is 0. The van der Waals surface area contributed by atoms with Gasteiger partial charge in [-0.05, 0) is 67.6 Å². The minimum atomic E-state index is -0.489. The Bertz CT molecular complexity index is 1040. The summed E-state index contributed by atoms with van der Waals surface area (Å²) in [5.41, 5.74) is 6.57. The van der Waals surface area contributed by atoms with Crippen LogP contribution in [0.3, 0.4) is 0 Å². The van der Waals surface area contributed by atoms with E-state index in [0.717, 1.165) is 13.1 Å². The van der Waals surface area contributed by atoms with Crippen LogP contribution in [0.1, 0.15) is 37.8 Å². The number of rotatable bonds is 7. The van der Waals surface area contributed by atoms with Gasteiger partial charge in [-0.3, -0.25) is 4.99 Å². The summed E-state index contributed by atoms with van der Waals surface area (Å²) in [4.78, 5) is 6.92. The molecule has 2 saturated heterocycles. The molecule has 0 radical (unpaired) electrons. The molecule has 2 unspecified atom stereocenters. The summed E-state index contributed by atoms with van der Waals surface area (Å²) in [5, 5.41) is 17.8. The van der Waals surface area contributed by atoms with Crippen LogP contribution in [0.5, 0.6) is 5.75 Å². The Morgan fingerprint density at radius 2 is 2.06 bits per heavy atom. The van der Waals surface area contributed by atoms with Crippen LogP contribution in [0.4, 0.5) is 8.78 Å². The normalized spacial score (nSPS) is 22.5. The van der Waals surface area contributed by atoms with Crippen LogP contribution in [0, 0.1) is 5.82 Å². The Hall–Kier alpha value is -2.71. The van der Waals surface area contributed by atoms with Crippen molar-refractivity contribution in [3.63, 3.8) is 0 Å². The maximum absolute atomic E-state index is 15.0. The summed E-state index contributed by atoms with van der Waals surface area (Å²) in [6.07, 6.45) is 4.63. The smallest absolute Gasteiger partial charge is 0.127 e. The minimum Gasteiger partial charge on any atom is -0.508 e. The van der Waals surface area contributed by atoms with Crippen LogP contribution in [-0.2, 0) is 6.42 Å². The predicted molar refractivity (Wildman–Crippen MR) is 125 cm³/mol. The van der Waals surface area contributed by atoms with Crippen LogP contribution in [-0.4, -0.2) is 54.2 Å². The first-order valence-corrected chi connectivity index (χ1v) is 11.1. The van der Waals surface area contributed by atoms with Gasteiger partial charge in [-0.1, -0.05) is 6.07 Å². The number of hydrogen-bond acceptors (Lipinski definition) is 5. The lowest BCUT2D eigenvalue weighted by atomic mass is 9.93. The Balaban J connectivity index is 1.66. The Kier molecular flexibility index (Phi) is 6.62. The van der Waals surface area contributed by atoms with E-state index in [1.807, 2.05) is 13.3 Å². The summed E-state index contributed by atoms with van der Waals surface area (Å²) in [6, 6.07) is 6.83. The van der Waals surface area contributed by atoms with Crippen LogP contribution < -0.4 is 16.4 Å². The molecule has 0 aliphatic carbocycles. The highest BCUT2D eigenvalue weighted by Crippen LogP contribution is 2.34. The maximum atomic E-state index is 15.0. The lowest BCUT2D eigenvalue weighted by Crippen LogP contribution is -2.50. The fourth-order valence-corrected chi connectivity index (χ4v) is 4.88. The van der Waals surface area contributed by atoms with Gasteiger partial charge in [0.2, 0.25) is 0 Å². The van der Waals surface area contributed by atoms with Crippen LogP contribution in [0.2, 0.25) is 0 Å². The molecule has 2 aliphatic heterocycles. The van der Waals surface area contributed by atoms with E-state index in [1.165, 1.54) is 31.9 Å². The van der Waals surface area contributed by atoms with E-state index in [2.05, 4.69) is 20.5 Å². The average Bonchev–Trinajstić information content (AvgIpc) is 3.09. The summed E-state index contributed by atoms with van der Waals surface area (Å²) in [5.74, 6) is -0.894. The van der Waals surface area contributed by atoms with Crippen molar-refractivity contribution in [2.45, 2.75) is 51.2 Å². The van der Waals surface area contributed by atoms with E-state index in [9.17, 15) is 9.50 Å². The molecule has 32 heavy (non-hydrogen) atoms. The first-order chi connectivity index (χ1) is 15.4. The van der Waals surface area contributed by atoms with Crippen molar-refractivity contribution in [3.05, 3.63) is 47.0 Å². The second-order valence-corrected chi connectivity index (χ2v) is 8.82. The Morgan fingerprint density at radius 1 is 1.34 bits per heavy atom. The number of aliphatic imine (C=N–C) groups is 1. The molecule has 3 atom stereocenters. The largest absolute Gasteiger partial charge is 0.508 e. The van der Waals surface area contributed by atoms with Crippen molar-refractivity contribution in [1.82, 2.24) is 15.5 Å². The van der Waals surface area contributed by atoms with Crippen molar-refractivity contribution in [1.29, 1.82) is 0 Å². The number of piperazine rings is 1. The third-order valence-electron chi connectivity index (χ3n) is 6.27. The van der Waals surface area contributed by atoms with Gasteiger partial charge in [-0.25, -0.2) is 8.78 Å². The van der Waals surface area contributed by atoms with Gasteiger partial charge in [0.15, 0.2) is 0 Å². The quantitative estimate of drug-likeness (QED) is 0.300. The third kappa shape index (κ3) is 4.71. The molecular weight excluding hydrogens is 412 g/mol. The van der Waals surface area contributed by atoms with E-state index in [0.29, 0.717) is 40.4 Å². The number of allylic oxidation sites excluding steroid dienone is 1. The zero-order valence-corrected chi connectivity index (χ0v) is 18.5. The molecule has 5 N–H and O–H groups in total. The summed E-state index contributed by atoms with van der Waals surface area (Å²) in [6.45, 7) is 5.13. The van der Waals surface area contributed by atoms with E-state index < -0.39 is 5.83 Å². The highest BCUT2D eigenvalue weighted by Gasteiger charge is 2.31. The molecule has 2 aromatic carbocycles. The predicted octanol–water partition coefficient (Wildman–Crippen LogP) is 3.24. The second-order valence-electron chi connectivity index (χ2n) is 8.82. The fourth-order valence-electron chi connectivity index (χ4n) is 4.88. The number of hydrogen-bond donors (Lipinski definition) is 4. The summed E-state index contributed by atoms with van der Waals surface area (Å²) < 4.78 is 29.4. The van der Waals surface area contributed by atoms with Crippen LogP contribution in [0.25, 0.3) is 16.5 Å². The highest BCUT2D eigenvalue weighted by molar-refractivity contribution is 5.97. The molecular formula is C24H31F2N5O. The van der Waals surface area contributed by atoms with Crippen LogP contribution in [0.15, 0.2) is 35.1 Å². The Labute approximate surface area is 187 Å². The van der Waals surface area contributed by atoms with E-state index in [-0.39, 0.29) is 30.0 Å². The molecule has 2 aromatic rings. The lowest BCUT2D eigenvalue weighted by Gasteiger charge is -2.31. The highest BCUT2D eigenvalue weighted by atomic mass is 19.1. The number of nitrogens with one attached hydrogen (secondary N) is 2. The average molecular weight is 444 g/mol. The van der Waals surface area contributed by atoms with Crippen molar-refractivity contribution < 1.29 is 13.9 Å². The summed E-state index contributed by atoms with van der Waals surface area (Å²) >= 11 is 0. The van der Waals surface area contributed by atoms with Crippen molar-refractivity contribution in [3.8, 4) is 5.75 Å². The van der Waals surface area contributed by atoms with Gasteiger partial charge in [0.05, 0.1) is 24.7 Å². The molecule has 2 heterocycles. The van der Waals surface area contributed by atoms with Crippen molar-refractivity contribution in [2.75, 3.05) is 19.8 Å². The van der Waals surface area contributed by atoms with Gasteiger partial charge >= 0.3 is 0 Å². The van der Waals surface area contributed by atoms with Crippen LogP contribution >= 0.6 is 0 Å². The number of aromatic hydroxyl groups is 1. The van der Waals surface area contributed by atoms with Crippen molar-refractivity contribution >= 4 is 22.8 Å². The number of nitrogens with zero attached hydrogens (tertiary/aromatic N) is 2. The molecule has 0 spiro atoms. The van der Waals surface area contributed by atoms with Gasteiger partial charge in [-0.15, -0.1) is 0 Å². The number of likely N-dealkylation sites (tertiary alicyclic amines) is 1. The molecule has 8 heteroatoms. The van der Waals surface area contributed by atoms with E-state index >= 15 is 4.39 Å². The fraction of sp³-hybridized carbons (Fsp3) is 0.458. The monoisotopic (exact) mass is 443 g/mol. The number of fused-ring (bicyclic) bond motifs is 3. The number of benzene rings is 2. The SMILES string of the molecule is C/C(F)=C(\NCN)c1cc(O)cc2ccc(F)c(C[C@H](C)N=CN3CC4CCC(C3)N4)c12. The zero-order chi connectivity index (χ0) is 22.8. The standard InChI is InChI=1S/C24H31F2N5O/c1-14(29-13-31-10-17-4-5-18(11-31)30-17)7-20-22(26)6-3-16-8-19(32)9-21(23(16)20)24(15(2)25)28-12-27/h3,6,8-9,13-14,17-18,28,30,32H,4-5,7,10-12,27H2,1-2H3/b24-15+,29-13?/t14-,17?,18?/m0/s1. The maximum Gasteiger partial charge on any atom is 0.127 e. The zero-order valence-electron chi connectivity index (χ0n) is 18.5. The molecule has 0 aromatic heterocycles. The topological polar surface area (TPSA) is 85.9 Å². The minimum absolute atomic E-state index is 0.00572. The Morgan fingerprint density at radius 3 is 2.72 bits per heavy atom. The molecule has 0 amide bonds. The molecule has 0 saturated carbocycles. The van der Waals surface area contributed by atoms with Gasteiger partial charge < -0.3 is 26.4 Å². The van der Waals surface area contributed by atoms with Gasteiger partial charge in [0.25, 0.3) is 0 Å². The molecule has 2 aliphatic rings. The lowest BCUT2D eigenvalue weighted by molar-refractivity contribution is 0.294. The van der Waals surface area contributed by atoms with Gasteiger partial charge in [-0.2, -0.15) is 0 Å². The number of nitrogens with two attached hydrogens (primary N) is 1.